The topological polar surface area (TPSA) is 53.9 Å². The second kappa shape index (κ2) is 7.02. The standard InChI is InChI=1S/C16H23N5/c1-5-17-15-14(12(2)3)16(20-11-19-15)21(4)10-13-8-6-7-9-18-13/h6-9,11-12H,5,10H2,1-4H3,(H,17,19,20). The van der Waals surface area contributed by atoms with Gasteiger partial charge in [0.15, 0.2) is 0 Å². The van der Waals surface area contributed by atoms with Crippen LogP contribution in [0, 0.1) is 0 Å². The van der Waals surface area contributed by atoms with Crippen LogP contribution in [0.2, 0.25) is 0 Å². The Hall–Kier alpha value is -2.17. The molecule has 0 radical (unpaired) electrons. The van der Waals surface area contributed by atoms with Gasteiger partial charge in [-0.25, -0.2) is 9.97 Å². The van der Waals surface area contributed by atoms with E-state index in [1.54, 1.807) is 6.33 Å². The molecule has 21 heavy (non-hydrogen) atoms. The zero-order valence-corrected chi connectivity index (χ0v) is 13.2. The van der Waals surface area contributed by atoms with Crippen LogP contribution < -0.4 is 10.2 Å². The molecular weight excluding hydrogens is 262 g/mol. The van der Waals surface area contributed by atoms with Crippen molar-refractivity contribution in [1.29, 1.82) is 0 Å². The number of pyridine rings is 1. The van der Waals surface area contributed by atoms with Crippen LogP contribution in [0.4, 0.5) is 11.6 Å². The first-order chi connectivity index (χ1) is 10.1. The largest absolute Gasteiger partial charge is 0.370 e. The second-order valence-corrected chi connectivity index (χ2v) is 5.32. The smallest absolute Gasteiger partial charge is 0.137 e. The number of aromatic nitrogens is 3. The number of hydrogen-bond donors (Lipinski definition) is 1. The summed E-state index contributed by atoms with van der Waals surface area (Å²) in [5.41, 5.74) is 2.18. The Kier molecular flexibility index (Phi) is 5.09. The van der Waals surface area contributed by atoms with E-state index in [-0.39, 0.29) is 0 Å². The Bertz CT molecular complexity index is 568. The van der Waals surface area contributed by atoms with Crippen molar-refractivity contribution in [3.63, 3.8) is 0 Å². The van der Waals surface area contributed by atoms with E-state index in [2.05, 4.69) is 45.9 Å². The minimum atomic E-state index is 0.349. The molecule has 2 aromatic heterocycles. The Labute approximate surface area is 126 Å². The van der Waals surface area contributed by atoms with Crippen LogP contribution in [0.5, 0.6) is 0 Å². The van der Waals surface area contributed by atoms with Crippen molar-refractivity contribution in [3.8, 4) is 0 Å². The Morgan fingerprint density at radius 2 is 2.00 bits per heavy atom. The van der Waals surface area contributed by atoms with Gasteiger partial charge in [-0.05, 0) is 25.0 Å². The highest BCUT2D eigenvalue weighted by atomic mass is 15.2. The molecule has 0 amide bonds. The summed E-state index contributed by atoms with van der Waals surface area (Å²) in [5.74, 6) is 2.23. The number of nitrogens with zero attached hydrogens (tertiary/aromatic N) is 4. The fourth-order valence-electron chi connectivity index (χ4n) is 2.34. The summed E-state index contributed by atoms with van der Waals surface area (Å²) in [6.45, 7) is 7.97. The molecule has 2 heterocycles. The Morgan fingerprint density at radius 3 is 2.62 bits per heavy atom. The lowest BCUT2D eigenvalue weighted by atomic mass is 10.0. The van der Waals surface area contributed by atoms with Crippen molar-refractivity contribution in [3.05, 3.63) is 42.0 Å². The van der Waals surface area contributed by atoms with Crippen LogP contribution in [0.1, 0.15) is 37.9 Å². The minimum absolute atomic E-state index is 0.349. The Morgan fingerprint density at radius 1 is 1.19 bits per heavy atom. The molecule has 0 saturated carbocycles. The third-order valence-corrected chi connectivity index (χ3v) is 3.27. The van der Waals surface area contributed by atoms with Crippen molar-refractivity contribution in [2.24, 2.45) is 0 Å². The molecule has 0 aromatic carbocycles. The first kappa shape index (κ1) is 15.2. The van der Waals surface area contributed by atoms with Gasteiger partial charge < -0.3 is 10.2 Å². The van der Waals surface area contributed by atoms with Crippen LogP contribution in [-0.4, -0.2) is 28.5 Å². The Balaban J connectivity index is 2.31. The average Bonchev–Trinajstić information content (AvgIpc) is 2.48. The van der Waals surface area contributed by atoms with E-state index in [0.29, 0.717) is 5.92 Å². The van der Waals surface area contributed by atoms with E-state index in [1.807, 2.05) is 31.4 Å². The van der Waals surface area contributed by atoms with Crippen molar-refractivity contribution in [2.75, 3.05) is 23.8 Å². The van der Waals surface area contributed by atoms with Crippen LogP contribution in [0.25, 0.3) is 0 Å². The molecule has 0 bridgehead atoms. The summed E-state index contributed by atoms with van der Waals surface area (Å²) < 4.78 is 0. The molecule has 0 unspecified atom stereocenters. The molecule has 0 fully saturated rings. The molecule has 5 heteroatoms. The second-order valence-electron chi connectivity index (χ2n) is 5.32. The monoisotopic (exact) mass is 285 g/mol. The summed E-state index contributed by atoms with van der Waals surface area (Å²) in [4.78, 5) is 15.4. The van der Waals surface area contributed by atoms with Crippen molar-refractivity contribution in [1.82, 2.24) is 15.0 Å². The third-order valence-electron chi connectivity index (χ3n) is 3.27. The lowest BCUT2D eigenvalue weighted by Crippen LogP contribution is -2.21. The van der Waals surface area contributed by atoms with Crippen molar-refractivity contribution in [2.45, 2.75) is 33.2 Å². The van der Waals surface area contributed by atoms with Crippen LogP contribution in [0.3, 0.4) is 0 Å². The van der Waals surface area contributed by atoms with Gasteiger partial charge in [0.1, 0.15) is 18.0 Å². The number of nitrogens with one attached hydrogen (secondary N) is 1. The molecule has 1 N–H and O–H groups in total. The van der Waals surface area contributed by atoms with Gasteiger partial charge in [0.25, 0.3) is 0 Å². The molecule has 0 aliphatic rings. The van der Waals surface area contributed by atoms with Gasteiger partial charge in [-0.15, -0.1) is 0 Å². The van der Waals surface area contributed by atoms with E-state index in [9.17, 15) is 0 Å². The fraction of sp³-hybridized carbons (Fsp3) is 0.438. The predicted octanol–water partition coefficient (Wildman–Crippen LogP) is 3.06. The van der Waals surface area contributed by atoms with Gasteiger partial charge in [-0.3, -0.25) is 4.98 Å². The molecular formula is C16H23N5. The quantitative estimate of drug-likeness (QED) is 0.884. The maximum absolute atomic E-state index is 4.49. The summed E-state index contributed by atoms with van der Waals surface area (Å²) in [6, 6.07) is 5.96. The van der Waals surface area contributed by atoms with Crippen LogP contribution in [0.15, 0.2) is 30.7 Å². The van der Waals surface area contributed by atoms with E-state index in [4.69, 9.17) is 0 Å². The molecule has 0 spiro atoms. The highest BCUT2D eigenvalue weighted by molar-refractivity contribution is 5.60. The lowest BCUT2D eigenvalue weighted by molar-refractivity contribution is 0.800. The van der Waals surface area contributed by atoms with E-state index in [0.717, 1.165) is 36.0 Å². The fourth-order valence-corrected chi connectivity index (χ4v) is 2.34. The highest BCUT2D eigenvalue weighted by Crippen LogP contribution is 2.30. The van der Waals surface area contributed by atoms with Crippen molar-refractivity contribution < 1.29 is 0 Å². The van der Waals surface area contributed by atoms with E-state index in [1.165, 1.54) is 0 Å². The lowest BCUT2D eigenvalue weighted by Gasteiger charge is -2.24. The number of anilines is 2. The molecule has 0 atom stereocenters. The molecule has 5 nitrogen and oxygen atoms in total. The van der Waals surface area contributed by atoms with Gasteiger partial charge in [0.2, 0.25) is 0 Å². The highest BCUT2D eigenvalue weighted by Gasteiger charge is 2.17. The van der Waals surface area contributed by atoms with E-state index < -0.39 is 0 Å². The van der Waals surface area contributed by atoms with E-state index >= 15 is 0 Å². The first-order valence-corrected chi connectivity index (χ1v) is 7.33. The third kappa shape index (κ3) is 3.68. The minimum Gasteiger partial charge on any atom is -0.370 e. The molecule has 0 aliphatic heterocycles. The molecule has 0 aliphatic carbocycles. The molecule has 112 valence electrons. The van der Waals surface area contributed by atoms with Gasteiger partial charge >= 0.3 is 0 Å². The maximum atomic E-state index is 4.49. The number of hydrogen-bond acceptors (Lipinski definition) is 5. The molecule has 2 aromatic rings. The summed E-state index contributed by atoms with van der Waals surface area (Å²) in [7, 11) is 2.04. The summed E-state index contributed by atoms with van der Waals surface area (Å²) in [6.07, 6.45) is 3.44. The summed E-state index contributed by atoms with van der Waals surface area (Å²) in [5, 5.41) is 3.32. The van der Waals surface area contributed by atoms with Gasteiger partial charge in [-0.1, -0.05) is 19.9 Å². The van der Waals surface area contributed by atoms with Crippen molar-refractivity contribution >= 4 is 11.6 Å². The normalized spacial score (nSPS) is 10.7. The average molecular weight is 285 g/mol. The molecule has 0 saturated heterocycles. The van der Waals surface area contributed by atoms with Gasteiger partial charge in [-0.2, -0.15) is 0 Å². The van der Waals surface area contributed by atoms with Crippen LogP contribution >= 0.6 is 0 Å². The predicted molar refractivity (Wildman–Crippen MR) is 86.6 cm³/mol. The summed E-state index contributed by atoms with van der Waals surface area (Å²) >= 11 is 0. The number of rotatable bonds is 6. The maximum Gasteiger partial charge on any atom is 0.137 e. The first-order valence-electron chi connectivity index (χ1n) is 7.33. The zero-order valence-electron chi connectivity index (χ0n) is 13.2. The van der Waals surface area contributed by atoms with Gasteiger partial charge in [0, 0.05) is 25.4 Å². The SMILES string of the molecule is CCNc1ncnc(N(C)Cc2ccccn2)c1C(C)C. The molecule has 2 rings (SSSR count). The van der Waals surface area contributed by atoms with Gasteiger partial charge in [0.05, 0.1) is 12.2 Å². The van der Waals surface area contributed by atoms with Crippen LogP contribution in [-0.2, 0) is 6.54 Å². The zero-order chi connectivity index (χ0) is 15.2.